The van der Waals surface area contributed by atoms with Crippen LogP contribution in [0.5, 0.6) is 0 Å². The monoisotopic (exact) mass is 269 g/mol. The first kappa shape index (κ1) is 15.1. The summed E-state index contributed by atoms with van der Waals surface area (Å²) in [7, 11) is 0. The van der Waals surface area contributed by atoms with Gasteiger partial charge in [0.1, 0.15) is 5.82 Å². The lowest BCUT2D eigenvalue weighted by Crippen LogP contribution is -2.14. The molecule has 0 bridgehead atoms. The summed E-state index contributed by atoms with van der Waals surface area (Å²) < 4.78 is 2.59. The predicted octanol–water partition coefficient (Wildman–Crippen LogP) is 3.17. The molecule has 5 heteroatoms. The van der Waals surface area contributed by atoms with Crippen LogP contribution < -0.4 is 0 Å². The lowest BCUT2D eigenvalue weighted by molar-refractivity contribution is 0.169. The van der Waals surface area contributed by atoms with Crippen molar-refractivity contribution in [2.24, 2.45) is 0 Å². The average Bonchev–Trinajstić information content (AvgIpc) is 2.67. The Morgan fingerprint density at radius 3 is 2.89 bits per heavy atom. The third kappa shape index (κ3) is 4.07. The van der Waals surface area contributed by atoms with Crippen LogP contribution in [0.15, 0.2) is 12.7 Å². The van der Waals surface area contributed by atoms with E-state index < -0.39 is 0 Å². The highest BCUT2D eigenvalue weighted by Gasteiger charge is 2.19. The summed E-state index contributed by atoms with van der Waals surface area (Å²) in [6.45, 7) is 8.39. The summed E-state index contributed by atoms with van der Waals surface area (Å²) in [5.41, 5.74) is 0. The van der Waals surface area contributed by atoms with Crippen molar-refractivity contribution in [3.63, 3.8) is 0 Å². The van der Waals surface area contributed by atoms with Gasteiger partial charge in [-0.25, -0.2) is 0 Å². The zero-order chi connectivity index (χ0) is 13.5. The van der Waals surface area contributed by atoms with Gasteiger partial charge in [-0.2, -0.15) is 5.10 Å². The summed E-state index contributed by atoms with van der Waals surface area (Å²) >= 11 is 5.22. The van der Waals surface area contributed by atoms with Crippen LogP contribution in [0.25, 0.3) is 0 Å². The highest BCUT2D eigenvalue weighted by atomic mass is 32.1. The van der Waals surface area contributed by atoms with Crippen LogP contribution in [0.3, 0.4) is 0 Å². The molecule has 0 radical (unpaired) electrons. The Kier molecular flexibility index (Phi) is 6.29. The minimum absolute atomic E-state index is 0.248. The lowest BCUT2D eigenvalue weighted by Gasteiger charge is -2.18. The van der Waals surface area contributed by atoms with Gasteiger partial charge < -0.3 is 9.67 Å². The maximum atomic E-state index is 9.62. The molecule has 102 valence electrons. The summed E-state index contributed by atoms with van der Waals surface area (Å²) in [4.78, 5) is 0. The number of allylic oxidation sites excluding steroid dienone is 1. The summed E-state index contributed by atoms with van der Waals surface area (Å²) in [6.07, 6.45) is 5.51. The van der Waals surface area contributed by atoms with Gasteiger partial charge in [0, 0.05) is 12.5 Å². The number of unbranched alkanes of at least 4 members (excludes halogenated alkanes) is 1. The highest BCUT2D eigenvalue weighted by molar-refractivity contribution is 7.71. The standard InChI is InChI=1S/C13H23N3OS/c1-4-6-7-11(9-10(3)17)12-14-15-13(18)16(12)8-5-2/h5,10-11,17H,2,4,6-9H2,1,3H3,(H,15,18)/t10-,11+/m0/s1. The van der Waals surface area contributed by atoms with E-state index in [0.29, 0.717) is 11.3 Å². The molecule has 1 aromatic heterocycles. The number of hydrogen-bond acceptors (Lipinski definition) is 3. The van der Waals surface area contributed by atoms with E-state index in [1.807, 2.05) is 17.6 Å². The van der Waals surface area contributed by atoms with Crippen molar-refractivity contribution in [3.8, 4) is 0 Å². The fraction of sp³-hybridized carbons (Fsp3) is 0.692. The molecular weight excluding hydrogens is 246 g/mol. The molecule has 0 fully saturated rings. The van der Waals surface area contributed by atoms with Crippen molar-refractivity contribution in [2.75, 3.05) is 0 Å². The van der Waals surface area contributed by atoms with E-state index in [1.54, 1.807) is 0 Å². The van der Waals surface area contributed by atoms with Crippen LogP contribution in [0, 0.1) is 4.77 Å². The second-order valence-corrected chi connectivity index (χ2v) is 5.10. The van der Waals surface area contributed by atoms with Crippen molar-refractivity contribution >= 4 is 12.2 Å². The summed E-state index contributed by atoms with van der Waals surface area (Å²) in [5, 5.41) is 16.8. The van der Waals surface area contributed by atoms with Crippen LogP contribution in [0.4, 0.5) is 0 Å². The number of aromatic amines is 1. The largest absolute Gasteiger partial charge is 0.393 e. The Morgan fingerprint density at radius 1 is 1.61 bits per heavy atom. The quantitative estimate of drug-likeness (QED) is 0.563. The highest BCUT2D eigenvalue weighted by Crippen LogP contribution is 2.25. The molecular formula is C13H23N3OS. The van der Waals surface area contributed by atoms with Crippen molar-refractivity contribution in [1.29, 1.82) is 0 Å². The van der Waals surface area contributed by atoms with Gasteiger partial charge >= 0.3 is 0 Å². The molecule has 2 atom stereocenters. The summed E-state index contributed by atoms with van der Waals surface area (Å²) in [5.74, 6) is 1.19. The van der Waals surface area contributed by atoms with E-state index in [1.165, 1.54) is 0 Å². The number of aliphatic hydroxyl groups is 1. The van der Waals surface area contributed by atoms with Gasteiger partial charge in [0.2, 0.25) is 0 Å². The van der Waals surface area contributed by atoms with Crippen LogP contribution >= 0.6 is 12.2 Å². The Morgan fingerprint density at radius 2 is 2.33 bits per heavy atom. The van der Waals surface area contributed by atoms with E-state index in [0.717, 1.165) is 31.5 Å². The number of aliphatic hydroxyl groups excluding tert-OH is 1. The van der Waals surface area contributed by atoms with E-state index in [4.69, 9.17) is 12.2 Å². The Balaban J connectivity index is 2.95. The third-order valence-electron chi connectivity index (χ3n) is 3.00. The van der Waals surface area contributed by atoms with Crippen LogP contribution in [0.2, 0.25) is 0 Å². The lowest BCUT2D eigenvalue weighted by atomic mass is 9.95. The molecule has 0 aliphatic carbocycles. The molecule has 1 rings (SSSR count). The van der Waals surface area contributed by atoms with Crippen molar-refractivity contribution in [2.45, 2.75) is 58.1 Å². The van der Waals surface area contributed by atoms with E-state index in [-0.39, 0.29) is 12.0 Å². The molecule has 0 saturated heterocycles. The van der Waals surface area contributed by atoms with Gasteiger partial charge in [-0.05, 0) is 32.0 Å². The Hall–Kier alpha value is -0.940. The Labute approximate surface area is 114 Å². The molecule has 2 N–H and O–H groups in total. The topological polar surface area (TPSA) is 53.8 Å². The average molecular weight is 269 g/mol. The SMILES string of the molecule is C=CCn1c([C@H](CCCC)C[C@H](C)O)n[nH]c1=S. The first-order chi connectivity index (χ1) is 8.60. The van der Waals surface area contributed by atoms with Crippen molar-refractivity contribution < 1.29 is 5.11 Å². The molecule has 0 spiro atoms. The first-order valence-corrected chi connectivity index (χ1v) is 6.95. The zero-order valence-electron chi connectivity index (χ0n) is 11.2. The van der Waals surface area contributed by atoms with E-state index in [2.05, 4.69) is 23.7 Å². The van der Waals surface area contributed by atoms with Gasteiger partial charge in [0.15, 0.2) is 4.77 Å². The number of H-pyrrole nitrogens is 1. The fourth-order valence-corrected chi connectivity index (χ4v) is 2.38. The number of aromatic nitrogens is 3. The smallest absolute Gasteiger partial charge is 0.195 e. The van der Waals surface area contributed by atoms with Gasteiger partial charge in [0.25, 0.3) is 0 Å². The second-order valence-electron chi connectivity index (χ2n) is 4.71. The molecule has 0 saturated carbocycles. The maximum absolute atomic E-state index is 9.62. The number of hydrogen-bond donors (Lipinski definition) is 2. The Bertz CT molecular complexity index is 422. The van der Waals surface area contributed by atoms with E-state index in [9.17, 15) is 5.11 Å². The summed E-state index contributed by atoms with van der Waals surface area (Å²) in [6, 6.07) is 0. The maximum Gasteiger partial charge on any atom is 0.195 e. The molecule has 1 aromatic rings. The molecule has 0 aromatic carbocycles. The molecule has 0 aliphatic rings. The normalized spacial score (nSPS) is 14.4. The number of nitrogens with zero attached hydrogens (tertiary/aromatic N) is 2. The second kappa shape index (κ2) is 7.48. The fourth-order valence-electron chi connectivity index (χ4n) is 2.16. The molecule has 18 heavy (non-hydrogen) atoms. The molecule has 0 amide bonds. The third-order valence-corrected chi connectivity index (χ3v) is 3.31. The van der Waals surface area contributed by atoms with Crippen LogP contribution in [-0.4, -0.2) is 26.0 Å². The minimum atomic E-state index is -0.325. The van der Waals surface area contributed by atoms with E-state index >= 15 is 0 Å². The molecule has 1 heterocycles. The zero-order valence-corrected chi connectivity index (χ0v) is 12.0. The molecule has 0 unspecified atom stereocenters. The van der Waals surface area contributed by atoms with Gasteiger partial charge in [-0.3, -0.25) is 5.10 Å². The number of nitrogens with one attached hydrogen (secondary N) is 1. The molecule has 4 nitrogen and oxygen atoms in total. The van der Waals surface area contributed by atoms with Gasteiger partial charge in [0.05, 0.1) is 6.10 Å². The predicted molar refractivity (Wildman–Crippen MR) is 76.2 cm³/mol. The first-order valence-electron chi connectivity index (χ1n) is 6.54. The van der Waals surface area contributed by atoms with Crippen molar-refractivity contribution in [3.05, 3.63) is 23.3 Å². The van der Waals surface area contributed by atoms with Crippen LogP contribution in [-0.2, 0) is 6.54 Å². The molecule has 0 aliphatic heterocycles. The minimum Gasteiger partial charge on any atom is -0.393 e. The van der Waals surface area contributed by atoms with Crippen LogP contribution in [0.1, 0.15) is 51.3 Å². The van der Waals surface area contributed by atoms with Crippen molar-refractivity contribution in [1.82, 2.24) is 14.8 Å². The van der Waals surface area contributed by atoms with Gasteiger partial charge in [-0.1, -0.05) is 25.8 Å². The number of rotatable bonds is 8. The van der Waals surface area contributed by atoms with Gasteiger partial charge in [-0.15, -0.1) is 6.58 Å².